The second-order valence-electron chi connectivity index (χ2n) is 2.45. The summed E-state index contributed by atoms with van der Waals surface area (Å²) in [5, 5.41) is 0. The van der Waals surface area contributed by atoms with Crippen molar-refractivity contribution in [3.63, 3.8) is 0 Å². The van der Waals surface area contributed by atoms with Crippen molar-refractivity contribution in [2.45, 2.75) is 13.8 Å². The summed E-state index contributed by atoms with van der Waals surface area (Å²) in [5.74, 6) is 0.0683. The van der Waals surface area contributed by atoms with Crippen molar-refractivity contribution >= 4 is 27.9 Å². The maximum absolute atomic E-state index is 11.1. The predicted octanol–water partition coefficient (Wildman–Crippen LogP) is 2.94. The lowest BCUT2D eigenvalue weighted by Gasteiger charge is -2.00. The Bertz CT molecular complexity index is 325. The van der Waals surface area contributed by atoms with Gasteiger partial charge < -0.3 is 4.57 Å². The van der Waals surface area contributed by atoms with Crippen LogP contribution in [0.4, 0.5) is 0 Å². The molecule has 1 heterocycles. The van der Waals surface area contributed by atoms with Gasteiger partial charge in [-0.05, 0) is 35.0 Å². The van der Waals surface area contributed by atoms with Gasteiger partial charge in [-0.15, -0.1) is 0 Å². The molecule has 0 aromatic carbocycles. The second-order valence-corrected chi connectivity index (χ2v) is 3.26. The fourth-order valence-corrected chi connectivity index (χ4v) is 1.45. The minimum Gasteiger partial charge on any atom is -0.308 e. The van der Waals surface area contributed by atoms with E-state index in [-0.39, 0.29) is 5.78 Å². The topological polar surface area (TPSA) is 22.0 Å². The molecule has 0 N–H and O–H groups in total. The highest BCUT2D eigenvalue weighted by Gasteiger charge is 2.06. The molecule has 0 saturated heterocycles. The van der Waals surface area contributed by atoms with Crippen molar-refractivity contribution in [1.82, 2.24) is 4.57 Å². The first-order chi connectivity index (χ1) is 5.66. The molecule has 0 fully saturated rings. The third-order valence-electron chi connectivity index (χ3n) is 1.53. The van der Waals surface area contributed by atoms with Crippen molar-refractivity contribution < 1.29 is 4.79 Å². The standard InChI is InChI=1S/C9H10BrNO/c1-3-6-11-8(7(2)12)4-5-9(11)10/h3-6H,1-2H3/b6-3-. The number of nitrogens with zero attached hydrogens (tertiary/aromatic N) is 1. The summed E-state index contributed by atoms with van der Waals surface area (Å²) in [5.41, 5.74) is 0.694. The molecule has 0 spiro atoms. The summed E-state index contributed by atoms with van der Waals surface area (Å²) in [6.07, 6.45) is 3.73. The normalized spacial score (nSPS) is 10.9. The number of aromatic nitrogens is 1. The smallest absolute Gasteiger partial charge is 0.176 e. The van der Waals surface area contributed by atoms with Crippen molar-refractivity contribution in [2.75, 3.05) is 0 Å². The lowest BCUT2D eigenvalue weighted by atomic mass is 10.3. The van der Waals surface area contributed by atoms with Gasteiger partial charge >= 0.3 is 0 Å². The van der Waals surface area contributed by atoms with Crippen molar-refractivity contribution in [3.8, 4) is 0 Å². The highest BCUT2D eigenvalue weighted by molar-refractivity contribution is 9.10. The van der Waals surface area contributed by atoms with E-state index in [1.807, 2.05) is 29.8 Å². The van der Waals surface area contributed by atoms with Crippen LogP contribution in [0.25, 0.3) is 6.20 Å². The lowest BCUT2D eigenvalue weighted by Crippen LogP contribution is -1.99. The number of hydrogen-bond donors (Lipinski definition) is 0. The lowest BCUT2D eigenvalue weighted by molar-refractivity contribution is 0.101. The molecule has 2 nitrogen and oxygen atoms in total. The highest BCUT2D eigenvalue weighted by atomic mass is 79.9. The Kier molecular flexibility index (Phi) is 2.87. The summed E-state index contributed by atoms with van der Waals surface area (Å²) in [6.45, 7) is 3.47. The molecule has 0 bridgehead atoms. The van der Waals surface area contributed by atoms with Crippen LogP contribution in [0.1, 0.15) is 24.3 Å². The van der Waals surface area contributed by atoms with Crippen LogP contribution in [0.5, 0.6) is 0 Å². The van der Waals surface area contributed by atoms with E-state index in [1.165, 1.54) is 0 Å². The molecule has 0 atom stereocenters. The molecule has 0 saturated carbocycles. The quantitative estimate of drug-likeness (QED) is 0.713. The van der Waals surface area contributed by atoms with Gasteiger partial charge in [0.05, 0.1) is 10.3 Å². The van der Waals surface area contributed by atoms with E-state index in [4.69, 9.17) is 0 Å². The number of carbonyl (C=O) groups excluding carboxylic acids is 1. The number of allylic oxidation sites excluding steroid dienone is 1. The summed E-state index contributed by atoms with van der Waals surface area (Å²) >= 11 is 3.35. The summed E-state index contributed by atoms with van der Waals surface area (Å²) < 4.78 is 2.70. The number of carbonyl (C=O) groups is 1. The van der Waals surface area contributed by atoms with Gasteiger partial charge in [0.1, 0.15) is 0 Å². The highest BCUT2D eigenvalue weighted by Crippen LogP contribution is 2.16. The fraction of sp³-hybridized carbons (Fsp3) is 0.222. The van der Waals surface area contributed by atoms with E-state index in [9.17, 15) is 4.79 Å². The Morgan fingerprint density at radius 2 is 2.25 bits per heavy atom. The van der Waals surface area contributed by atoms with Crippen LogP contribution in [-0.2, 0) is 0 Å². The maximum Gasteiger partial charge on any atom is 0.176 e. The molecule has 0 aliphatic carbocycles. The van der Waals surface area contributed by atoms with E-state index >= 15 is 0 Å². The van der Waals surface area contributed by atoms with Gasteiger partial charge in [0.2, 0.25) is 0 Å². The number of Topliss-reactive ketones (excluding diaryl/α,β-unsaturated/α-hetero) is 1. The molecule has 3 heteroatoms. The zero-order chi connectivity index (χ0) is 9.14. The summed E-state index contributed by atoms with van der Waals surface area (Å²) in [6, 6.07) is 3.66. The zero-order valence-electron chi connectivity index (χ0n) is 7.04. The minimum atomic E-state index is 0.0683. The molecule has 1 rings (SSSR count). The minimum absolute atomic E-state index is 0.0683. The summed E-state index contributed by atoms with van der Waals surface area (Å²) in [4.78, 5) is 11.1. The summed E-state index contributed by atoms with van der Waals surface area (Å²) in [7, 11) is 0. The predicted molar refractivity (Wildman–Crippen MR) is 53.1 cm³/mol. The third kappa shape index (κ3) is 1.67. The van der Waals surface area contributed by atoms with E-state index in [0.717, 1.165) is 4.60 Å². The monoisotopic (exact) mass is 227 g/mol. The number of halogens is 1. The molecule has 0 unspecified atom stereocenters. The largest absolute Gasteiger partial charge is 0.308 e. The van der Waals surface area contributed by atoms with Crippen LogP contribution in [0.15, 0.2) is 22.8 Å². The van der Waals surface area contributed by atoms with E-state index in [1.54, 1.807) is 13.0 Å². The van der Waals surface area contributed by atoms with Crippen LogP contribution in [-0.4, -0.2) is 10.4 Å². The van der Waals surface area contributed by atoms with E-state index < -0.39 is 0 Å². The van der Waals surface area contributed by atoms with E-state index in [0.29, 0.717) is 5.69 Å². The molecule has 0 aliphatic rings. The Balaban J connectivity index is 3.21. The first kappa shape index (κ1) is 9.26. The first-order valence-corrected chi connectivity index (χ1v) is 4.46. The SMILES string of the molecule is C/C=C\n1c(Br)ccc1C(C)=O. The molecule has 1 aromatic heterocycles. The fourth-order valence-electron chi connectivity index (χ4n) is 1.01. The maximum atomic E-state index is 11.1. The molecular weight excluding hydrogens is 218 g/mol. The number of hydrogen-bond acceptors (Lipinski definition) is 1. The van der Waals surface area contributed by atoms with Gasteiger partial charge in [0.15, 0.2) is 5.78 Å². The third-order valence-corrected chi connectivity index (χ3v) is 2.17. The molecule has 1 aromatic rings. The average molecular weight is 228 g/mol. The van der Waals surface area contributed by atoms with Gasteiger partial charge in [0.25, 0.3) is 0 Å². The molecule has 12 heavy (non-hydrogen) atoms. The van der Waals surface area contributed by atoms with Crippen LogP contribution in [0.3, 0.4) is 0 Å². The van der Waals surface area contributed by atoms with Gasteiger partial charge in [-0.25, -0.2) is 0 Å². The van der Waals surface area contributed by atoms with E-state index in [2.05, 4.69) is 15.9 Å². The Morgan fingerprint density at radius 3 is 2.75 bits per heavy atom. The number of rotatable bonds is 2. The number of ketones is 1. The molecule has 0 radical (unpaired) electrons. The Hall–Kier alpha value is -0.830. The average Bonchev–Trinajstić information content (AvgIpc) is 2.34. The van der Waals surface area contributed by atoms with Gasteiger partial charge in [0, 0.05) is 13.1 Å². The second kappa shape index (κ2) is 3.72. The van der Waals surface area contributed by atoms with Gasteiger partial charge in [-0.3, -0.25) is 4.79 Å². The molecule has 0 aliphatic heterocycles. The van der Waals surface area contributed by atoms with Crippen LogP contribution >= 0.6 is 15.9 Å². The van der Waals surface area contributed by atoms with Crippen molar-refractivity contribution in [3.05, 3.63) is 28.5 Å². The van der Waals surface area contributed by atoms with Gasteiger partial charge in [-0.2, -0.15) is 0 Å². The van der Waals surface area contributed by atoms with Crippen LogP contribution < -0.4 is 0 Å². The first-order valence-electron chi connectivity index (χ1n) is 3.67. The molecular formula is C9H10BrNO. The van der Waals surface area contributed by atoms with Gasteiger partial charge in [-0.1, -0.05) is 6.08 Å². The molecule has 64 valence electrons. The Labute approximate surface area is 80.0 Å². The Morgan fingerprint density at radius 1 is 1.58 bits per heavy atom. The van der Waals surface area contributed by atoms with Crippen LogP contribution in [0.2, 0.25) is 0 Å². The molecule has 0 amide bonds. The zero-order valence-corrected chi connectivity index (χ0v) is 8.63. The van der Waals surface area contributed by atoms with Crippen LogP contribution in [0, 0.1) is 0 Å². The van der Waals surface area contributed by atoms with Crippen molar-refractivity contribution in [1.29, 1.82) is 0 Å². The van der Waals surface area contributed by atoms with Crippen molar-refractivity contribution in [2.24, 2.45) is 0 Å².